The summed E-state index contributed by atoms with van der Waals surface area (Å²) in [5, 5.41) is 4.53. The lowest BCUT2D eigenvalue weighted by molar-refractivity contribution is 0.0734. The number of pyridine rings is 1. The van der Waals surface area contributed by atoms with E-state index in [4.69, 9.17) is 16.7 Å². The summed E-state index contributed by atoms with van der Waals surface area (Å²) in [7, 11) is -2.67. The Balaban J connectivity index is 2.44. The van der Waals surface area contributed by atoms with E-state index in [0.717, 1.165) is 12.1 Å². The monoisotopic (exact) mass is 371 g/mol. The largest absolute Gasteiger partial charge is 0.333 e. The van der Waals surface area contributed by atoms with E-state index in [1.807, 2.05) is 0 Å². The van der Waals surface area contributed by atoms with Crippen LogP contribution < -0.4 is 5.14 Å². The maximum absolute atomic E-state index is 14.2. The molecule has 1 aromatic carbocycles. The molecule has 9 heteroatoms. The minimum absolute atomic E-state index is 0.434. The van der Waals surface area contributed by atoms with Crippen molar-refractivity contribution in [1.29, 1.82) is 0 Å². The first-order valence-electron chi connectivity index (χ1n) is 6.83. The average molecular weight is 372 g/mol. The maximum atomic E-state index is 14.2. The van der Waals surface area contributed by atoms with Crippen LogP contribution in [0.3, 0.4) is 0 Å². The summed E-state index contributed by atoms with van der Waals surface area (Å²) in [6.07, 6.45) is 1.57. The minimum atomic E-state index is -4.13. The molecule has 1 aromatic heterocycles. The number of halogens is 2. The van der Waals surface area contributed by atoms with Gasteiger partial charge < -0.3 is 4.90 Å². The summed E-state index contributed by atoms with van der Waals surface area (Å²) in [6.45, 7) is 1.71. The third kappa shape index (κ3) is 3.72. The molecule has 0 bridgehead atoms. The highest BCUT2D eigenvalue weighted by atomic mass is 35.5. The molecular weight excluding hydrogens is 357 g/mol. The van der Waals surface area contributed by atoms with Crippen LogP contribution in [0.15, 0.2) is 41.4 Å². The molecular formula is C15H15ClFN3O3S. The topological polar surface area (TPSA) is 93.4 Å². The third-order valence-electron chi connectivity index (χ3n) is 3.58. The molecule has 0 radical (unpaired) electrons. The van der Waals surface area contributed by atoms with Crippen molar-refractivity contribution in [1.82, 2.24) is 9.88 Å². The van der Waals surface area contributed by atoms with E-state index in [-0.39, 0.29) is 0 Å². The van der Waals surface area contributed by atoms with Gasteiger partial charge >= 0.3 is 0 Å². The molecule has 1 amide bonds. The molecule has 0 aliphatic heterocycles. The molecule has 0 saturated carbocycles. The molecule has 0 fully saturated rings. The lowest BCUT2D eigenvalue weighted by Gasteiger charge is -2.25. The molecule has 128 valence electrons. The summed E-state index contributed by atoms with van der Waals surface area (Å²) in [5.41, 5.74) is 0.124. The number of carbonyl (C=O) groups is 1. The normalized spacial score (nSPS) is 12.7. The third-order valence-corrected chi connectivity index (χ3v) is 4.75. The first-order chi connectivity index (χ1) is 11.1. The van der Waals surface area contributed by atoms with Crippen LogP contribution in [0, 0.1) is 5.82 Å². The van der Waals surface area contributed by atoms with Gasteiger partial charge in [0.15, 0.2) is 5.82 Å². The number of aromatic nitrogens is 1. The van der Waals surface area contributed by atoms with Crippen LogP contribution in [0.2, 0.25) is 5.02 Å². The Morgan fingerprint density at radius 2 is 2.04 bits per heavy atom. The predicted octanol–water partition coefficient (Wildman–Crippen LogP) is 2.35. The number of rotatable bonds is 4. The van der Waals surface area contributed by atoms with E-state index in [2.05, 4.69) is 4.98 Å². The van der Waals surface area contributed by atoms with E-state index in [1.165, 1.54) is 11.9 Å². The lowest BCUT2D eigenvalue weighted by Crippen LogP contribution is -2.31. The van der Waals surface area contributed by atoms with E-state index >= 15 is 0 Å². The van der Waals surface area contributed by atoms with Crippen molar-refractivity contribution < 1.29 is 17.6 Å². The van der Waals surface area contributed by atoms with Crippen molar-refractivity contribution in [3.05, 3.63) is 58.6 Å². The van der Waals surface area contributed by atoms with E-state index in [9.17, 15) is 17.6 Å². The fourth-order valence-corrected chi connectivity index (χ4v) is 2.92. The zero-order valence-corrected chi connectivity index (χ0v) is 14.5. The Morgan fingerprint density at radius 1 is 1.38 bits per heavy atom. The van der Waals surface area contributed by atoms with Crippen LogP contribution >= 0.6 is 11.6 Å². The molecule has 0 aliphatic rings. The Bertz CT molecular complexity index is 875. The van der Waals surface area contributed by atoms with E-state index < -0.39 is 43.3 Å². The van der Waals surface area contributed by atoms with Crippen LogP contribution in [-0.4, -0.2) is 31.3 Å². The fourth-order valence-electron chi connectivity index (χ4n) is 2.07. The number of primary sulfonamides is 1. The Labute approximate surface area is 144 Å². The first kappa shape index (κ1) is 18.3. The second kappa shape index (κ2) is 6.84. The molecule has 2 aromatic rings. The van der Waals surface area contributed by atoms with Crippen molar-refractivity contribution in [2.45, 2.75) is 17.9 Å². The van der Waals surface area contributed by atoms with Gasteiger partial charge in [0, 0.05) is 13.2 Å². The van der Waals surface area contributed by atoms with Crippen molar-refractivity contribution in [3.63, 3.8) is 0 Å². The predicted molar refractivity (Wildman–Crippen MR) is 87.5 cm³/mol. The van der Waals surface area contributed by atoms with E-state index in [1.54, 1.807) is 31.3 Å². The second-order valence-corrected chi connectivity index (χ2v) is 7.13. The van der Waals surface area contributed by atoms with Gasteiger partial charge in [0.1, 0.15) is 0 Å². The molecule has 6 nitrogen and oxygen atoms in total. The standard InChI is InChI=1S/C15H15ClFN3O3S/c1-9(13-5-3-4-6-19-13)20(2)15(21)11-7-10(24(18,22)23)8-12(16)14(11)17/h3-9H,1-2H3,(H2,18,22,23). The molecule has 1 heterocycles. The molecule has 1 unspecified atom stereocenters. The zero-order valence-electron chi connectivity index (χ0n) is 12.9. The SMILES string of the molecule is CC(c1ccccn1)N(C)C(=O)c1cc(S(N)(=O)=O)cc(Cl)c1F. The average Bonchev–Trinajstić information content (AvgIpc) is 2.55. The molecule has 2 rings (SSSR count). The second-order valence-electron chi connectivity index (χ2n) is 5.16. The number of amides is 1. The van der Waals surface area contributed by atoms with Gasteiger partial charge in [0.2, 0.25) is 10.0 Å². The van der Waals surface area contributed by atoms with Crippen LogP contribution in [-0.2, 0) is 10.0 Å². The van der Waals surface area contributed by atoms with Crippen molar-refractivity contribution in [2.75, 3.05) is 7.05 Å². The first-order valence-corrected chi connectivity index (χ1v) is 8.75. The molecule has 0 saturated heterocycles. The minimum Gasteiger partial charge on any atom is -0.333 e. The fraction of sp³-hybridized carbons (Fsp3) is 0.200. The van der Waals surface area contributed by atoms with E-state index in [0.29, 0.717) is 5.69 Å². The number of benzene rings is 1. The zero-order chi connectivity index (χ0) is 18.1. The lowest BCUT2D eigenvalue weighted by atomic mass is 10.1. The van der Waals surface area contributed by atoms with Gasteiger partial charge in [0.25, 0.3) is 5.91 Å². The van der Waals surface area contributed by atoms with Crippen molar-refractivity contribution in [3.8, 4) is 0 Å². The van der Waals surface area contributed by atoms with Crippen molar-refractivity contribution >= 4 is 27.5 Å². The molecule has 0 aliphatic carbocycles. The van der Waals surface area contributed by atoms with Gasteiger partial charge in [-0.15, -0.1) is 0 Å². The Kier molecular flexibility index (Phi) is 5.22. The van der Waals surface area contributed by atoms with Crippen LogP contribution in [0.1, 0.15) is 29.0 Å². The van der Waals surface area contributed by atoms with Crippen LogP contribution in [0.5, 0.6) is 0 Å². The van der Waals surface area contributed by atoms with Gasteiger partial charge in [-0.1, -0.05) is 17.7 Å². The number of sulfonamides is 1. The number of carbonyl (C=O) groups excluding carboxylic acids is 1. The quantitative estimate of drug-likeness (QED) is 0.892. The Hall–Kier alpha value is -2.03. The molecule has 1 atom stereocenters. The number of nitrogens with two attached hydrogens (primary N) is 1. The maximum Gasteiger partial charge on any atom is 0.257 e. The number of hydrogen-bond acceptors (Lipinski definition) is 4. The summed E-state index contributed by atoms with van der Waals surface area (Å²) >= 11 is 5.69. The van der Waals surface area contributed by atoms with Gasteiger partial charge in [-0.3, -0.25) is 9.78 Å². The van der Waals surface area contributed by atoms with Gasteiger partial charge in [-0.2, -0.15) is 0 Å². The smallest absolute Gasteiger partial charge is 0.257 e. The Morgan fingerprint density at radius 3 is 2.58 bits per heavy atom. The highest BCUT2D eigenvalue weighted by Crippen LogP contribution is 2.26. The summed E-state index contributed by atoms with van der Waals surface area (Å²) in [6, 6.07) is 6.49. The van der Waals surface area contributed by atoms with Crippen LogP contribution in [0.4, 0.5) is 4.39 Å². The molecule has 24 heavy (non-hydrogen) atoms. The highest BCUT2D eigenvalue weighted by molar-refractivity contribution is 7.89. The van der Waals surface area contributed by atoms with Crippen LogP contribution in [0.25, 0.3) is 0 Å². The number of nitrogens with zero attached hydrogens (tertiary/aromatic N) is 2. The molecule has 0 spiro atoms. The van der Waals surface area contributed by atoms with Gasteiger partial charge in [-0.25, -0.2) is 17.9 Å². The summed E-state index contributed by atoms with van der Waals surface area (Å²) in [5.74, 6) is -1.74. The van der Waals surface area contributed by atoms with Crippen molar-refractivity contribution in [2.24, 2.45) is 5.14 Å². The summed E-state index contributed by atoms with van der Waals surface area (Å²) < 4.78 is 37.1. The molecule has 2 N–H and O–H groups in total. The van der Waals surface area contributed by atoms with Gasteiger partial charge in [-0.05, 0) is 31.2 Å². The highest BCUT2D eigenvalue weighted by Gasteiger charge is 2.25. The van der Waals surface area contributed by atoms with Gasteiger partial charge in [0.05, 0.1) is 27.2 Å². The summed E-state index contributed by atoms with van der Waals surface area (Å²) in [4.78, 5) is 17.5. The number of hydrogen-bond donors (Lipinski definition) is 1.